The third-order valence-electron chi connectivity index (χ3n) is 4.77. The molecule has 10 heteroatoms. The first-order valence-electron chi connectivity index (χ1n) is 11.4. The summed E-state index contributed by atoms with van der Waals surface area (Å²) in [4.78, 5) is 11.9. The van der Waals surface area contributed by atoms with Gasteiger partial charge in [0.1, 0.15) is 0 Å². The molecule has 178 valence electrons. The molecule has 0 fully saturated rings. The molecule has 0 bridgehead atoms. The molecule has 0 aromatic heterocycles. The number of carbonyl (C=O) groups excluding carboxylic acids is 1. The van der Waals surface area contributed by atoms with Crippen LogP contribution in [0.1, 0.15) is 104 Å². The Morgan fingerprint density at radius 3 is 2.09 bits per heavy atom. The fraction of sp³-hybridized carbons (Fsp3) is 0.864. The van der Waals surface area contributed by atoms with Crippen LogP contribution in [0.15, 0.2) is 12.2 Å². The molecule has 2 unspecified atom stereocenters. The molecule has 0 spiro atoms. The van der Waals surface area contributed by atoms with E-state index in [9.17, 15) is 22.9 Å². The topological polar surface area (TPSA) is 116 Å². The van der Waals surface area contributed by atoms with Gasteiger partial charge in [0.05, 0.1) is 6.61 Å². The SMILES string of the molecule is CCCCCCC([O-])C/C=C\CCCCCCC(OS(=O)(=O)[O-])C(=O)OCCCC.[Na+].[Na+]. The van der Waals surface area contributed by atoms with Gasteiger partial charge in [0.2, 0.25) is 10.4 Å². The average Bonchev–Trinajstić information content (AvgIpc) is 2.68. The smallest absolute Gasteiger partial charge is 0.852 e. The summed E-state index contributed by atoms with van der Waals surface area (Å²) in [5.74, 6) is -0.798. The fourth-order valence-corrected chi connectivity index (χ4v) is 3.44. The van der Waals surface area contributed by atoms with Crippen LogP contribution in [0.2, 0.25) is 0 Å². The minimum Gasteiger partial charge on any atom is -0.852 e. The molecule has 0 aliphatic rings. The Morgan fingerprint density at radius 1 is 0.875 bits per heavy atom. The summed E-state index contributed by atoms with van der Waals surface area (Å²) in [5, 5.41) is 11.8. The van der Waals surface area contributed by atoms with Crippen LogP contribution in [0.4, 0.5) is 0 Å². The number of rotatable bonds is 20. The zero-order valence-electron chi connectivity index (χ0n) is 20.7. The van der Waals surface area contributed by atoms with E-state index in [0.717, 1.165) is 51.4 Å². The molecular weight excluding hydrogens is 454 g/mol. The van der Waals surface area contributed by atoms with Gasteiger partial charge in [-0.15, -0.1) is 6.10 Å². The van der Waals surface area contributed by atoms with Crippen molar-refractivity contribution in [2.45, 2.75) is 116 Å². The van der Waals surface area contributed by atoms with Gasteiger partial charge in [-0.1, -0.05) is 83.8 Å². The van der Waals surface area contributed by atoms with Crippen LogP contribution in [0.25, 0.3) is 0 Å². The normalized spacial score (nSPS) is 13.2. The van der Waals surface area contributed by atoms with Gasteiger partial charge in [0.15, 0.2) is 6.10 Å². The number of carbonyl (C=O) groups is 1. The molecule has 0 rings (SSSR count). The number of hydrogen-bond acceptors (Lipinski definition) is 7. The average molecular weight is 495 g/mol. The fourth-order valence-electron chi connectivity index (χ4n) is 2.99. The summed E-state index contributed by atoms with van der Waals surface area (Å²) in [6.07, 6.45) is 13.7. The molecule has 0 heterocycles. The van der Waals surface area contributed by atoms with Gasteiger partial charge >= 0.3 is 65.1 Å². The van der Waals surface area contributed by atoms with Gasteiger partial charge in [-0.25, -0.2) is 13.2 Å². The molecule has 32 heavy (non-hydrogen) atoms. The van der Waals surface area contributed by atoms with E-state index in [1.165, 1.54) is 12.8 Å². The Balaban J connectivity index is -0.00000420. The second-order valence-electron chi connectivity index (χ2n) is 7.68. The Morgan fingerprint density at radius 2 is 1.47 bits per heavy atom. The van der Waals surface area contributed by atoms with E-state index in [4.69, 9.17) is 4.74 Å². The number of allylic oxidation sites excluding steroid dienone is 1. The molecule has 0 amide bonds. The number of hydrogen-bond donors (Lipinski definition) is 0. The van der Waals surface area contributed by atoms with E-state index in [1.807, 2.05) is 19.1 Å². The summed E-state index contributed by atoms with van der Waals surface area (Å²) in [6, 6.07) is 0. The van der Waals surface area contributed by atoms with Gasteiger partial charge in [-0.05, 0) is 32.1 Å². The van der Waals surface area contributed by atoms with E-state index in [1.54, 1.807) is 0 Å². The van der Waals surface area contributed by atoms with Crippen molar-refractivity contribution in [2.24, 2.45) is 0 Å². The van der Waals surface area contributed by atoms with Crippen LogP contribution >= 0.6 is 0 Å². The maximum absolute atomic E-state index is 11.9. The Kier molecular flexibility index (Phi) is 29.5. The van der Waals surface area contributed by atoms with Crippen molar-refractivity contribution in [1.29, 1.82) is 0 Å². The van der Waals surface area contributed by atoms with Crippen molar-refractivity contribution in [1.82, 2.24) is 0 Å². The third kappa shape index (κ3) is 25.7. The number of ether oxygens (including phenoxy) is 1. The summed E-state index contributed by atoms with van der Waals surface area (Å²) in [5.41, 5.74) is 0. The van der Waals surface area contributed by atoms with Crippen molar-refractivity contribution in [2.75, 3.05) is 6.61 Å². The Bertz CT molecular complexity index is 556. The Labute approximate surface area is 240 Å². The molecular formula is C22H40Na2O7S. The van der Waals surface area contributed by atoms with Gasteiger partial charge in [0, 0.05) is 0 Å². The molecule has 7 nitrogen and oxygen atoms in total. The predicted molar refractivity (Wildman–Crippen MR) is 114 cm³/mol. The van der Waals surface area contributed by atoms with Crippen molar-refractivity contribution >= 4 is 16.4 Å². The van der Waals surface area contributed by atoms with E-state index >= 15 is 0 Å². The summed E-state index contributed by atoms with van der Waals surface area (Å²) in [6.45, 7) is 4.28. The second-order valence-corrected chi connectivity index (χ2v) is 8.69. The zero-order valence-corrected chi connectivity index (χ0v) is 25.5. The van der Waals surface area contributed by atoms with Crippen molar-refractivity contribution in [3.63, 3.8) is 0 Å². The quantitative estimate of drug-likeness (QED) is 0.0488. The van der Waals surface area contributed by atoms with E-state index in [2.05, 4.69) is 11.1 Å². The van der Waals surface area contributed by atoms with Crippen LogP contribution in [-0.4, -0.2) is 37.8 Å². The minimum absolute atomic E-state index is 0. The van der Waals surface area contributed by atoms with Gasteiger partial charge < -0.3 is 14.4 Å². The first-order chi connectivity index (χ1) is 14.3. The number of esters is 1. The van der Waals surface area contributed by atoms with Crippen LogP contribution in [-0.2, 0) is 24.1 Å². The summed E-state index contributed by atoms with van der Waals surface area (Å²) >= 11 is 0. The zero-order chi connectivity index (χ0) is 22.7. The first kappa shape index (κ1) is 37.6. The van der Waals surface area contributed by atoms with Crippen molar-refractivity contribution in [3.05, 3.63) is 12.2 Å². The molecule has 0 radical (unpaired) electrons. The number of unbranched alkanes of at least 4 members (excludes halogenated alkanes) is 8. The largest absolute Gasteiger partial charge is 1.00 e. The minimum atomic E-state index is -4.96. The van der Waals surface area contributed by atoms with Crippen LogP contribution in [0, 0.1) is 0 Å². The molecule has 0 N–H and O–H groups in total. The van der Waals surface area contributed by atoms with E-state index < -0.39 is 28.6 Å². The van der Waals surface area contributed by atoms with E-state index in [-0.39, 0.29) is 72.1 Å². The second kappa shape index (κ2) is 25.1. The van der Waals surface area contributed by atoms with Crippen LogP contribution < -0.4 is 64.2 Å². The summed E-state index contributed by atoms with van der Waals surface area (Å²) < 4.78 is 41.8. The van der Waals surface area contributed by atoms with Crippen LogP contribution in [0.3, 0.4) is 0 Å². The van der Waals surface area contributed by atoms with Crippen molar-refractivity contribution < 1.29 is 90.9 Å². The van der Waals surface area contributed by atoms with Gasteiger partial charge in [-0.2, -0.15) is 0 Å². The van der Waals surface area contributed by atoms with Gasteiger partial charge in [0.25, 0.3) is 0 Å². The van der Waals surface area contributed by atoms with Gasteiger partial charge in [-0.3, -0.25) is 4.18 Å². The standard InChI is InChI=1S/C22H41O7S.2Na/c1-3-5-7-13-16-20(23)17-14-11-9-8-10-12-15-18-21(29-30(25,26)27)22(24)28-19-6-4-2;;/h11,14,20-21H,3-10,12-13,15-19H2,1-2H3,(H,25,26,27);;/q-1;2*+1/p-1/b14-11-;;. The molecule has 0 aliphatic heterocycles. The predicted octanol–water partition coefficient (Wildman–Crippen LogP) is -1.83. The monoisotopic (exact) mass is 494 g/mol. The molecule has 2 atom stereocenters. The third-order valence-corrected chi connectivity index (χ3v) is 5.24. The van der Waals surface area contributed by atoms with Crippen LogP contribution in [0.5, 0.6) is 0 Å². The summed E-state index contributed by atoms with van der Waals surface area (Å²) in [7, 11) is -4.96. The molecule has 0 aliphatic carbocycles. The maximum Gasteiger partial charge on any atom is 1.00 e. The maximum atomic E-state index is 11.9. The Hall–Kier alpha value is 1.04. The van der Waals surface area contributed by atoms with Crippen molar-refractivity contribution in [3.8, 4) is 0 Å². The van der Waals surface area contributed by atoms with E-state index in [0.29, 0.717) is 19.3 Å². The first-order valence-corrected chi connectivity index (χ1v) is 12.7. The molecule has 0 saturated heterocycles. The molecule has 0 aromatic carbocycles. The molecule has 0 aromatic rings. The molecule has 0 saturated carbocycles.